The topological polar surface area (TPSA) is 113 Å². The molecule has 0 aliphatic carbocycles. The van der Waals surface area contributed by atoms with Crippen LogP contribution < -0.4 is 24.3 Å². The molecule has 2 aliphatic rings. The average molecular weight is 515 g/mol. The molecular weight excluding hydrogens is 488 g/mol. The molecule has 11 heteroatoms. The summed E-state index contributed by atoms with van der Waals surface area (Å²) in [5, 5.41) is 15.6. The van der Waals surface area contributed by atoms with Crippen molar-refractivity contribution in [1.82, 2.24) is 25.1 Å². The highest BCUT2D eigenvalue weighted by atomic mass is 16.7. The minimum Gasteiger partial charge on any atom is -0.497 e. The van der Waals surface area contributed by atoms with Gasteiger partial charge in [0.25, 0.3) is 5.91 Å². The minimum absolute atomic E-state index is 0.150. The molecule has 0 spiro atoms. The van der Waals surface area contributed by atoms with Crippen LogP contribution in [-0.4, -0.2) is 65.6 Å². The highest BCUT2D eigenvalue weighted by Gasteiger charge is 2.37. The fourth-order valence-electron chi connectivity index (χ4n) is 4.99. The summed E-state index contributed by atoms with van der Waals surface area (Å²) in [6, 6.07) is 16.1. The second kappa shape index (κ2) is 9.67. The normalized spacial score (nSPS) is 16.1. The monoisotopic (exact) mass is 514 g/mol. The zero-order valence-corrected chi connectivity index (χ0v) is 21.2. The maximum Gasteiger partial charge on any atom is 0.255 e. The maximum absolute atomic E-state index is 13.1. The van der Waals surface area contributed by atoms with Crippen LogP contribution in [0, 0.1) is 0 Å². The smallest absolute Gasteiger partial charge is 0.255 e. The third kappa shape index (κ3) is 4.06. The number of aromatic nitrogens is 4. The first-order valence-electron chi connectivity index (χ1n) is 12.1. The number of likely N-dealkylation sites (N-methyl/N-ethyl adjacent to an activating group) is 1. The van der Waals surface area contributed by atoms with Gasteiger partial charge in [0.05, 0.1) is 19.9 Å². The van der Waals surface area contributed by atoms with Gasteiger partial charge in [0.15, 0.2) is 17.3 Å². The molecule has 1 N–H and O–H groups in total. The Balaban J connectivity index is 1.37. The van der Waals surface area contributed by atoms with Crippen molar-refractivity contribution in [3.8, 4) is 28.7 Å². The van der Waals surface area contributed by atoms with E-state index >= 15 is 0 Å². The molecule has 3 heterocycles. The average Bonchev–Trinajstić information content (AvgIpc) is 3.62. The zero-order chi connectivity index (χ0) is 26.2. The van der Waals surface area contributed by atoms with E-state index in [4.69, 9.17) is 18.9 Å². The molecule has 1 aromatic heterocycles. The van der Waals surface area contributed by atoms with E-state index in [9.17, 15) is 4.79 Å². The SMILES string of the molecule is COc1cccc(NC(=O)c2cccc(-n3nnnc3[C@H]3c4c(cc5c(c4OC)OCO5)CCN3C)c2)c1. The van der Waals surface area contributed by atoms with Crippen LogP contribution in [0.4, 0.5) is 5.69 Å². The number of hydrogen-bond donors (Lipinski definition) is 1. The molecule has 0 saturated heterocycles. The third-order valence-electron chi connectivity index (χ3n) is 6.81. The predicted octanol–water partition coefficient (Wildman–Crippen LogP) is 3.24. The molecule has 4 aromatic rings. The molecule has 0 radical (unpaired) electrons. The van der Waals surface area contributed by atoms with Gasteiger partial charge in [-0.15, -0.1) is 5.10 Å². The molecule has 1 amide bonds. The molecule has 0 bridgehead atoms. The van der Waals surface area contributed by atoms with Crippen molar-refractivity contribution in [2.75, 3.05) is 39.9 Å². The largest absolute Gasteiger partial charge is 0.497 e. The van der Waals surface area contributed by atoms with Crippen molar-refractivity contribution in [3.63, 3.8) is 0 Å². The summed E-state index contributed by atoms with van der Waals surface area (Å²) in [4.78, 5) is 15.2. The number of carbonyl (C=O) groups is 1. The van der Waals surface area contributed by atoms with Gasteiger partial charge in [-0.2, -0.15) is 4.68 Å². The Hall–Kier alpha value is -4.64. The Bertz CT molecular complexity index is 1520. The molecule has 3 aromatic carbocycles. The van der Waals surface area contributed by atoms with Gasteiger partial charge in [-0.1, -0.05) is 12.1 Å². The molecule has 194 valence electrons. The summed E-state index contributed by atoms with van der Waals surface area (Å²) < 4.78 is 24.1. The molecular formula is C27H26N6O5. The summed E-state index contributed by atoms with van der Waals surface area (Å²) in [6.07, 6.45) is 0.816. The second-order valence-corrected chi connectivity index (χ2v) is 9.03. The number of nitrogens with zero attached hydrogens (tertiary/aromatic N) is 5. The fraction of sp³-hybridized carbons (Fsp3) is 0.259. The van der Waals surface area contributed by atoms with E-state index in [1.165, 1.54) is 0 Å². The standard InChI is InChI=1S/C27H26N6O5/c1-32-11-10-16-13-21-24(38-15-37-21)25(36-3)22(16)23(32)26-29-30-31-33(26)19-8-4-6-17(12-19)27(34)28-18-7-5-9-20(14-18)35-2/h4-9,12-14,23H,10-11,15H2,1-3H3,(H,28,34)/t23-/m1/s1. The van der Waals surface area contributed by atoms with Crippen molar-refractivity contribution in [2.24, 2.45) is 0 Å². The minimum atomic E-state index is -0.313. The number of hydrogen-bond acceptors (Lipinski definition) is 9. The zero-order valence-electron chi connectivity index (χ0n) is 21.2. The van der Waals surface area contributed by atoms with Crippen molar-refractivity contribution in [3.05, 3.63) is 77.1 Å². The highest BCUT2D eigenvalue weighted by Crippen LogP contribution is 2.50. The Kier molecular flexibility index (Phi) is 6.04. The first-order chi connectivity index (χ1) is 18.6. The molecule has 6 rings (SSSR count). The first kappa shape index (κ1) is 23.7. The van der Waals surface area contributed by atoms with Crippen LogP contribution >= 0.6 is 0 Å². The van der Waals surface area contributed by atoms with Crippen molar-refractivity contribution >= 4 is 11.6 Å². The van der Waals surface area contributed by atoms with Crippen LogP contribution in [0.25, 0.3) is 5.69 Å². The van der Waals surface area contributed by atoms with Crippen LogP contribution in [0.2, 0.25) is 0 Å². The number of anilines is 1. The van der Waals surface area contributed by atoms with Crippen LogP contribution in [-0.2, 0) is 6.42 Å². The number of carbonyl (C=O) groups excluding carboxylic acids is 1. The van der Waals surface area contributed by atoms with Gasteiger partial charge in [0, 0.05) is 29.4 Å². The number of benzene rings is 3. The van der Waals surface area contributed by atoms with Crippen LogP contribution in [0.1, 0.15) is 33.4 Å². The van der Waals surface area contributed by atoms with Gasteiger partial charge in [0.1, 0.15) is 11.8 Å². The molecule has 38 heavy (non-hydrogen) atoms. The Morgan fingerprint density at radius 1 is 1.08 bits per heavy atom. The Labute approximate surface area is 218 Å². The van der Waals surface area contributed by atoms with Crippen molar-refractivity contribution in [2.45, 2.75) is 12.5 Å². The number of fused-ring (bicyclic) bond motifs is 2. The lowest BCUT2D eigenvalue weighted by Crippen LogP contribution is -2.35. The molecule has 1 atom stereocenters. The van der Waals surface area contributed by atoms with Crippen LogP contribution in [0.5, 0.6) is 23.0 Å². The van der Waals surface area contributed by atoms with E-state index in [0.717, 1.165) is 24.1 Å². The van der Waals surface area contributed by atoms with Gasteiger partial charge < -0.3 is 24.3 Å². The van der Waals surface area contributed by atoms with E-state index in [0.29, 0.717) is 45.8 Å². The van der Waals surface area contributed by atoms with E-state index in [1.807, 2.05) is 31.3 Å². The molecule has 0 fully saturated rings. The number of methoxy groups -OCH3 is 2. The van der Waals surface area contributed by atoms with E-state index in [-0.39, 0.29) is 18.7 Å². The Morgan fingerprint density at radius 3 is 2.79 bits per heavy atom. The number of rotatable bonds is 6. The maximum atomic E-state index is 13.1. The summed E-state index contributed by atoms with van der Waals surface area (Å²) in [7, 11) is 5.23. The molecule has 2 aliphatic heterocycles. The summed E-state index contributed by atoms with van der Waals surface area (Å²) >= 11 is 0. The molecule has 0 saturated carbocycles. The molecule has 11 nitrogen and oxygen atoms in total. The van der Waals surface area contributed by atoms with Crippen LogP contribution in [0.15, 0.2) is 54.6 Å². The third-order valence-corrected chi connectivity index (χ3v) is 6.81. The number of nitrogens with one attached hydrogen (secondary N) is 1. The Morgan fingerprint density at radius 2 is 1.95 bits per heavy atom. The number of tetrazole rings is 1. The fourth-order valence-corrected chi connectivity index (χ4v) is 4.99. The summed E-state index contributed by atoms with van der Waals surface area (Å²) in [5.41, 5.74) is 3.78. The number of ether oxygens (including phenoxy) is 4. The van der Waals surface area contributed by atoms with Crippen molar-refractivity contribution < 1.29 is 23.7 Å². The van der Waals surface area contributed by atoms with Gasteiger partial charge >= 0.3 is 0 Å². The quantitative estimate of drug-likeness (QED) is 0.414. The number of amides is 1. The lowest BCUT2D eigenvalue weighted by Gasteiger charge is -2.34. The molecule has 0 unspecified atom stereocenters. The summed E-state index contributed by atoms with van der Waals surface area (Å²) in [5.74, 6) is 2.87. The van der Waals surface area contributed by atoms with Gasteiger partial charge in [-0.25, -0.2) is 0 Å². The lowest BCUT2D eigenvalue weighted by atomic mass is 9.90. The predicted molar refractivity (Wildman–Crippen MR) is 137 cm³/mol. The lowest BCUT2D eigenvalue weighted by molar-refractivity contribution is 0.102. The van der Waals surface area contributed by atoms with Crippen molar-refractivity contribution in [1.29, 1.82) is 0 Å². The summed E-state index contributed by atoms with van der Waals surface area (Å²) in [6.45, 7) is 0.938. The van der Waals surface area contributed by atoms with Gasteiger partial charge in [-0.05, 0) is 65.9 Å². The van der Waals surface area contributed by atoms with Crippen LogP contribution in [0.3, 0.4) is 0 Å². The second-order valence-electron chi connectivity index (χ2n) is 9.03. The van der Waals surface area contributed by atoms with E-state index in [2.05, 4.69) is 25.7 Å². The van der Waals surface area contributed by atoms with E-state index < -0.39 is 0 Å². The van der Waals surface area contributed by atoms with E-state index in [1.54, 1.807) is 49.2 Å². The van der Waals surface area contributed by atoms with Gasteiger partial charge in [-0.3, -0.25) is 9.69 Å². The van der Waals surface area contributed by atoms with Gasteiger partial charge in [0.2, 0.25) is 12.5 Å². The first-order valence-corrected chi connectivity index (χ1v) is 12.1. The highest BCUT2D eigenvalue weighted by molar-refractivity contribution is 6.04.